The molecule has 2 nitrogen and oxygen atoms in total. The lowest BCUT2D eigenvalue weighted by Crippen LogP contribution is -2.38. The van der Waals surface area contributed by atoms with Crippen molar-refractivity contribution in [3.05, 3.63) is 35.6 Å². The molecule has 1 aromatic carbocycles. The molecule has 2 heteroatoms. The van der Waals surface area contributed by atoms with Crippen molar-refractivity contribution in [1.29, 1.82) is 0 Å². The molecular weight excluding hydrogens is 234 g/mol. The number of hydrogen-bond donors (Lipinski definition) is 1. The van der Waals surface area contributed by atoms with Gasteiger partial charge in [0, 0.05) is 11.4 Å². The Morgan fingerprint density at radius 3 is 2.58 bits per heavy atom. The molecule has 2 unspecified atom stereocenters. The highest BCUT2D eigenvalue weighted by Gasteiger charge is 2.26. The van der Waals surface area contributed by atoms with Crippen molar-refractivity contribution in [2.24, 2.45) is 5.92 Å². The van der Waals surface area contributed by atoms with Gasteiger partial charge in [0.1, 0.15) is 11.3 Å². The van der Waals surface area contributed by atoms with E-state index in [1.54, 1.807) is 0 Å². The quantitative estimate of drug-likeness (QED) is 0.867. The molecular formula is C17H23NO. The molecule has 1 N–H and O–H groups in total. The molecule has 2 atom stereocenters. The van der Waals surface area contributed by atoms with E-state index in [4.69, 9.17) is 4.42 Å². The van der Waals surface area contributed by atoms with E-state index in [0.29, 0.717) is 6.04 Å². The molecule has 0 radical (unpaired) electrons. The molecule has 0 saturated heterocycles. The number of furan rings is 1. The lowest BCUT2D eigenvalue weighted by molar-refractivity contribution is 0.224. The average molecular weight is 257 g/mol. The molecule has 0 bridgehead atoms. The second-order valence-corrected chi connectivity index (χ2v) is 5.96. The third-order valence-corrected chi connectivity index (χ3v) is 4.64. The van der Waals surface area contributed by atoms with Gasteiger partial charge in [0.2, 0.25) is 0 Å². The third kappa shape index (κ3) is 2.30. The number of fused-ring (bicyclic) bond motifs is 1. The van der Waals surface area contributed by atoms with Gasteiger partial charge in [-0.15, -0.1) is 0 Å². The molecule has 102 valence electrons. The van der Waals surface area contributed by atoms with Crippen molar-refractivity contribution in [1.82, 2.24) is 5.32 Å². The zero-order valence-electron chi connectivity index (χ0n) is 12.1. The standard InChI is InChI=1S/C17H23NO/c1-11-15-9-4-5-10-16(15)19-17(11)13(3)18-12(2)14-7-6-8-14/h4-5,9-10,12-14,18H,6-8H2,1-3H3. The zero-order chi connectivity index (χ0) is 13.4. The van der Waals surface area contributed by atoms with Gasteiger partial charge in [0.15, 0.2) is 0 Å². The topological polar surface area (TPSA) is 25.2 Å². The number of benzene rings is 1. The number of para-hydroxylation sites is 1. The van der Waals surface area contributed by atoms with E-state index in [1.807, 2.05) is 12.1 Å². The Bertz CT molecular complexity index is 568. The van der Waals surface area contributed by atoms with Gasteiger partial charge < -0.3 is 9.73 Å². The van der Waals surface area contributed by atoms with E-state index < -0.39 is 0 Å². The summed E-state index contributed by atoms with van der Waals surface area (Å²) < 4.78 is 6.03. The van der Waals surface area contributed by atoms with E-state index in [-0.39, 0.29) is 6.04 Å². The Balaban J connectivity index is 1.80. The van der Waals surface area contributed by atoms with Crippen LogP contribution in [0.5, 0.6) is 0 Å². The van der Waals surface area contributed by atoms with Gasteiger partial charge in [0.25, 0.3) is 0 Å². The lowest BCUT2D eigenvalue weighted by atomic mass is 9.80. The van der Waals surface area contributed by atoms with Crippen molar-refractivity contribution < 1.29 is 4.42 Å². The van der Waals surface area contributed by atoms with Crippen LogP contribution in [0.25, 0.3) is 11.0 Å². The maximum atomic E-state index is 6.03. The Kier molecular flexibility index (Phi) is 3.36. The average Bonchev–Trinajstić information content (AvgIpc) is 2.65. The van der Waals surface area contributed by atoms with E-state index in [2.05, 4.69) is 38.2 Å². The first-order chi connectivity index (χ1) is 9.16. The smallest absolute Gasteiger partial charge is 0.134 e. The number of aryl methyl sites for hydroxylation is 1. The molecule has 1 heterocycles. The van der Waals surface area contributed by atoms with Crippen LogP contribution in [-0.2, 0) is 0 Å². The largest absolute Gasteiger partial charge is 0.459 e. The molecule has 1 aliphatic carbocycles. The van der Waals surface area contributed by atoms with Crippen LogP contribution in [0.3, 0.4) is 0 Å². The molecule has 0 amide bonds. The minimum Gasteiger partial charge on any atom is -0.459 e. The SMILES string of the molecule is Cc1c(C(C)NC(C)C2CCC2)oc2ccccc12. The van der Waals surface area contributed by atoms with Crippen LogP contribution in [-0.4, -0.2) is 6.04 Å². The normalized spacial score (nSPS) is 19.3. The van der Waals surface area contributed by atoms with Crippen LogP contribution in [0, 0.1) is 12.8 Å². The molecule has 1 aromatic heterocycles. The van der Waals surface area contributed by atoms with Gasteiger partial charge in [-0.2, -0.15) is 0 Å². The summed E-state index contributed by atoms with van der Waals surface area (Å²) in [4.78, 5) is 0. The molecule has 1 saturated carbocycles. The summed E-state index contributed by atoms with van der Waals surface area (Å²) in [6, 6.07) is 9.15. The fourth-order valence-corrected chi connectivity index (χ4v) is 3.15. The van der Waals surface area contributed by atoms with Gasteiger partial charge in [-0.3, -0.25) is 0 Å². The van der Waals surface area contributed by atoms with Crippen LogP contribution in [0.4, 0.5) is 0 Å². The summed E-state index contributed by atoms with van der Waals surface area (Å²) in [5.41, 5.74) is 2.27. The van der Waals surface area contributed by atoms with E-state index in [0.717, 1.165) is 17.3 Å². The summed E-state index contributed by atoms with van der Waals surface area (Å²) >= 11 is 0. The van der Waals surface area contributed by atoms with Crippen molar-refractivity contribution in [2.75, 3.05) is 0 Å². The second kappa shape index (κ2) is 5.01. The first-order valence-electron chi connectivity index (χ1n) is 7.41. The summed E-state index contributed by atoms with van der Waals surface area (Å²) in [5.74, 6) is 1.94. The molecule has 1 fully saturated rings. The Labute approximate surface area is 115 Å². The fourth-order valence-electron chi connectivity index (χ4n) is 3.15. The number of nitrogens with one attached hydrogen (secondary N) is 1. The van der Waals surface area contributed by atoms with Gasteiger partial charge in [-0.25, -0.2) is 0 Å². The van der Waals surface area contributed by atoms with Crippen LogP contribution < -0.4 is 5.32 Å². The van der Waals surface area contributed by atoms with Crippen molar-refractivity contribution in [3.63, 3.8) is 0 Å². The minimum atomic E-state index is 0.281. The highest BCUT2D eigenvalue weighted by molar-refractivity contribution is 5.82. The number of rotatable bonds is 4. The van der Waals surface area contributed by atoms with Crippen LogP contribution in [0.1, 0.15) is 50.5 Å². The fraction of sp³-hybridized carbons (Fsp3) is 0.529. The molecule has 2 aromatic rings. The highest BCUT2D eigenvalue weighted by Crippen LogP contribution is 2.33. The zero-order valence-corrected chi connectivity index (χ0v) is 12.1. The molecule has 3 rings (SSSR count). The summed E-state index contributed by atoms with van der Waals surface area (Å²) in [7, 11) is 0. The Hall–Kier alpha value is -1.28. The summed E-state index contributed by atoms with van der Waals surface area (Å²) in [6.07, 6.45) is 4.15. The van der Waals surface area contributed by atoms with Crippen molar-refractivity contribution in [2.45, 2.75) is 52.1 Å². The van der Waals surface area contributed by atoms with Crippen molar-refractivity contribution in [3.8, 4) is 0 Å². The van der Waals surface area contributed by atoms with E-state index in [9.17, 15) is 0 Å². The molecule has 1 aliphatic rings. The Morgan fingerprint density at radius 1 is 1.21 bits per heavy atom. The molecule has 19 heavy (non-hydrogen) atoms. The second-order valence-electron chi connectivity index (χ2n) is 5.96. The van der Waals surface area contributed by atoms with E-state index in [1.165, 1.54) is 30.2 Å². The first kappa shape index (κ1) is 12.7. The maximum Gasteiger partial charge on any atom is 0.134 e. The third-order valence-electron chi connectivity index (χ3n) is 4.64. The van der Waals surface area contributed by atoms with Gasteiger partial charge >= 0.3 is 0 Å². The first-order valence-corrected chi connectivity index (χ1v) is 7.41. The van der Waals surface area contributed by atoms with Gasteiger partial charge in [-0.1, -0.05) is 24.6 Å². The predicted octanol–water partition coefficient (Wildman–Crippen LogP) is 4.58. The van der Waals surface area contributed by atoms with Gasteiger partial charge in [-0.05, 0) is 51.2 Å². The predicted molar refractivity (Wildman–Crippen MR) is 79.3 cm³/mol. The van der Waals surface area contributed by atoms with E-state index >= 15 is 0 Å². The summed E-state index contributed by atoms with van der Waals surface area (Å²) in [6.45, 7) is 6.67. The van der Waals surface area contributed by atoms with Crippen molar-refractivity contribution >= 4 is 11.0 Å². The van der Waals surface area contributed by atoms with Crippen LogP contribution >= 0.6 is 0 Å². The van der Waals surface area contributed by atoms with Gasteiger partial charge in [0.05, 0.1) is 6.04 Å². The minimum absolute atomic E-state index is 0.281. The lowest BCUT2D eigenvalue weighted by Gasteiger charge is -2.33. The monoisotopic (exact) mass is 257 g/mol. The Morgan fingerprint density at radius 2 is 1.95 bits per heavy atom. The molecule has 0 aliphatic heterocycles. The molecule has 0 spiro atoms. The number of hydrogen-bond acceptors (Lipinski definition) is 2. The van der Waals surface area contributed by atoms with Crippen LogP contribution in [0.15, 0.2) is 28.7 Å². The summed E-state index contributed by atoms with van der Waals surface area (Å²) in [5, 5.41) is 4.94. The maximum absolute atomic E-state index is 6.03. The van der Waals surface area contributed by atoms with Crippen LogP contribution in [0.2, 0.25) is 0 Å². The highest BCUT2D eigenvalue weighted by atomic mass is 16.3.